The third-order valence-corrected chi connectivity index (χ3v) is 6.29. The van der Waals surface area contributed by atoms with E-state index in [1.807, 2.05) is 18.2 Å². The number of carbonyl (C=O) groups excluding carboxylic acids is 1. The second-order valence-corrected chi connectivity index (χ2v) is 8.59. The molecular formula is C19H23IN2O2S. The van der Waals surface area contributed by atoms with Crippen molar-refractivity contribution >= 4 is 45.5 Å². The quantitative estimate of drug-likeness (QED) is 0.615. The Bertz CT molecular complexity index is 699. The summed E-state index contributed by atoms with van der Waals surface area (Å²) in [6, 6.07) is 10.2. The van der Waals surface area contributed by atoms with Crippen molar-refractivity contribution in [2.24, 2.45) is 0 Å². The summed E-state index contributed by atoms with van der Waals surface area (Å²) >= 11 is 4.02. The van der Waals surface area contributed by atoms with Gasteiger partial charge in [0.05, 0.1) is 12.6 Å². The SMILES string of the molecule is Cc1ccc(NC(=O)CN(Cc2cccs2)C[C@@H]2CCCO2)cc1I. The fraction of sp³-hybridized carbons (Fsp3) is 0.421. The number of carbonyl (C=O) groups is 1. The fourth-order valence-electron chi connectivity index (χ4n) is 2.96. The van der Waals surface area contributed by atoms with Gasteiger partial charge in [-0.1, -0.05) is 12.1 Å². The number of hydrogen-bond donors (Lipinski definition) is 1. The van der Waals surface area contributed by atoms with Crippen LogP contribution >= 0.6 is 33.9 Å². The van der Waals surface area contributed by atoms with Crippen LogP contribution in [0.15, 0.2) is 35.7 Å². The molecule has 2 heterocycles. The lowest BCUT2D eigenvalue weighted by molar-refractivity contribution is -0.117. The maximum atomic E-state index is 12.5. The van der Waals surface area contributed by atoms with Crippen molar-refractivity contribution in [2.45, 2.75) is 32.4 Å². The molecule has 1 N–H and O–H groups in total. The van der Waals surface area contributed by atoms with E-state index in [2.05, 4.69) is 57.2 Å². The van der Waals surface area contributed by atoms with Gasteiger partial charge >= 0.3 is 0 Å². The fourth-order valence-corrected chi connectivity index (χ4v) is 4.22. The van der Waals surface area contributed by atoms with E-state index in [1.165, 1.54) is 10.4 Å². The molecule has 0 unspecified atom stereocenters. The molecule has 4 nitrogen and oxygen atoms in total. The molecule has 0 aliphatic carbocycles. The Hall–Kier alpha value is -0.960. The first kappa shape index (κ1) is 18.8. The molecule has 1 aromatic heterocycles. The van der Waals surface area contributed by atoms with Crippen LogP contribution in [-0.2, 0) is 16.1 Å². The summed E-state index contributed by atoms with van der Waals surface area (Å²) in [5.41, 5.74) is 2.07. The van der Waals surface area contributed by atoms with Gasteiger partial charge in [0.25, 0.3) is 0 Å². The number of ether oxygens (including phenoxy) is 1. The van der Waals surface area contributed by atoms with E-state index in [1.54, 1.807) is 11.3 Å². The molecule has 1 amide bonds. The van der Waals surface area contributed by atoms with Crippen LogP contribution in [0.1, 0.15) is 23.3 Å². The number of hydrogen-bond acceptors (Lipinski definition) is 4. The molecule has 2 aromatic rings. The zero-order chi connectivity index (χ0) is 17.6. The Balaban J connectivity index is 1.61. The summed E-state index contributed by atoms with van der Waals surface area (Å²) < 4.78 is 6.92. The van der Waals surface area contributed by atoms with Gasteiger partial charge in [-0.2, -0.15) is 0 Å². The molecule has 0 spiro atoms. The van der Waals surface area contributed by atoms with Gasteiger partial charge in [0.1, 0.15) is 0 Å². The molecular weight excluding hydrogens is 447 g/mol. The van der Waals surface area contributed by atoms with Crippen LogP contribution in [0.25, 0.3) is 0 Å². The van der Waals surface area contributed by atoms with Crippen molar-refractivity contribution in [1.29, 1.82) is 0 Å². The number of amides is 1. The first-order valence-corrected chi connectivity index (χ1v) is 10.5. The van der Waals surface area contributed by atoms with Crippen LogP contribution in [0.4, 0.5) is 5.69 Å². The molecule has 1 atom stereocenters. The summed E-state index contributed by atoms with van der Waals surface area (Å²) in [4.78, 5) is 16.0. The van der Waals surface area contributed by atoms with Crippen LogP contribution in [0.3, 0.4) is 0 Å². The van der Waals surface area contributed by atoms with Gasteiger partial charge < -0.3 is 10.1 Å². The Morgan fingerprint density at radius 1 is 1.44 bits per heavy atom. The minimum absolute atomic E-state index is 0.0224. The predicted octanol–water partition coefficient (Wildman–Crippen LogP) is 4.28. The van der Waals surface area contributed by atoms with Gasteiger partial charge in [-0.05, 0) is 71.5 Å². The summed E-state index contributed by atoms with van der Waals surface area (Å²) in [6.07, 6.45) is 2.44. The third kappa shape index (κ3) is 5.77. The lowest BCUT2D eigenvalue weighted by Gasteiger charge is -2.24. The molecule has 1 aliphatic rings. The second-order valence-electron chi connectivity index (χ2n) is 6.40. The number of halogens is 1. The number of thiophene rings is 1. The third-order valence-electron chi connectivity index (χ3n) is 4.27. The zero-order valence-electron chi connectivity index (χ0n) is 14.3. The van der Waals surface area contributed by atoms with Crippen molar-refractivity contribution in [3.63, 3.8) is 0 Å². The Kier molecular flexibility index (Phi) is 6.86. The average molecular weight is 470 g/mol. The predicted molar refractivity (Wildman–Crippen MR) is 111 cm³/mol. The molecule has 1 aliphatic heterocycles. The van der Waals surface area contributed by atoms with E-state index in [0.717, 1.165) is 41.8 Å². The largest absolute Gasteiger partial charge is 0.377 e. The van der Waals surface area contributed by atoms with E-state index < -0.39 is 0 Å². The topological polar surface area (TPSA) is 41.6 Å². The normalized spacial score (nSPS) is 17.2. The number of aryl methyl sites for hydroxylation is 1. The van der Waals surface area contributed by atoms with Crippen molar-refractivity contribution in [3.05, 3.63) is 49.7 Å². The molecule has 0 radical (unpaired) electrons. The van der Waals surface area contributed by atoms with E-state index in [9.17, 15) is 4.79 Å². The highest BCUT2D eigenvalue weighted by Crippen LogP contribution is 2.19. The number of anilines is 1. The molecule has 0 bridgehead atoms. The molecule has 25 heavy (non-hydrogen) atoms. The van der Waals surface area contributed by atoms with Gasteiger partial charge in [0.2, 0.25) is 5.91 Å². The van der Waals surface area contributed by atoms with Crippen molar-refractivity contribution < 1.29 is 9.53 Å². The Labute approximate surface area is 166 Å². The molecule has 1 aromatic carbocycles. The van der Waals surface area contributed by atoms with Gasteiger partial charge in [-0.25, -0.2) is 0 Å². The van der Waals surface area contributed by atoms with E-state index in [0.29, 0.717) is 6.54 Å². The number of nitrogens with one attached hydrogen (secondary N) is 1. The standard InChI is InChI=1S/C19H23IN2O2S/c1-14-6-7-15(10-18(14)20)21-19(23)13-22(11-16-4-2-8-24-16)12-17-5-3-9-25-17/h3,5-7,9-10,16H,2,4,8,11-13H2,1H3,(H,21,23)/t16-/m0/s1. The second kappa shape index (κ2) is 9.12. The number of nitrogens with zero attached hydrogens (tertiary/aromatic N) is 1. The highest BCUT2D eigenvalue weighted by atomic mass is 127. The minimum atomic E-state index is 0.0224. The number of rotatable bonds is 7. The average Bonchev–Trinajstić information content (AvgIpc) is 3.25. The van der Waals surface area contributed by atoms with Crippen molar-refractivity contribution in [2.75, 3.05) is 25.0 Å². The Morgan fingerprint density at radius 3 is 3.00 bits per heavy atom. The van der Waals surface area contributed by atoms with Crippen LogP contribution in [0, 0.1) is 10.5 Å². The molecule has 0 saturated carbocycles. The smallest absolute Gasteiger partial charge is 0.238 e. The van der Waals surface area contributed by atoms with Gasteiger partial charge in [0.15, 0.2) is 0 Å². The van der Waals surface area contributed by atoms with E-state index in [-0.39, 0.29) is 12.0 Å². The summed E-state index contributed by atoms with van der Waals surface area (Å²) in [6.45, 7) is 4.87. The van der Waals surface area contributed by atoms with Crippen molar-refractivity contribution in [1.82, 2.24) is 4.90 Å². The first-order chi connectivity index (χ1) is 12.1. The lowest BCUT2D eigenvalue weighted by Crippen LogP contribution is -2.37. The maximum Gasteiger partial charge on any atom is 0.238 e. The molecule has 134 valence electrons. The Morgan fingerprint density at radius 2 is 2.32 bits per heavy atom. The van der Waals surface area contributed by atoms with Gasteiger partial charge in [-0.3, -0.25) is 9.69 Å². The summed E-state index contributed by atoms with van der Waals surface area (Å²) in [5, 5.41) is 5.10. The van der Waals surface area contributed by atoms with Crippen LogP contribution < -0.4 is 5.32 Å². The molecule has 1 fully saturated rings. The molecule has 6 heteroatoms. The van der Waals surface area contributed by atoms with Gasteiger partial charge in [-0.15, -0.1) is 11.3 Å². The van der Waals surface area contributed by atoms with Crippen LogP contribution in [0.2, 0.25) is 0 Å². The van der Waals surface area contributed by atoms with E-state index >= 15 is 0 Å². The summed E-state index contributed by atoms with van der Waals surface area (Å²) in [7, 11) is 0. The van der Waals surface area contributed by atoms with Crippen LogP contribution in [-0.4, -0.2) is 36.6 Å². The highest BCUT2D eigenvalue weighted by molar-refractivity contribution is 14.1. The van der Waals surface area contributed by atoms with E-state index in [4.69, 9.17) is 4.74 Å². The lowest BCUT2D eigenvalue weighted by atomic mass is 10.2. The zero-order valence-corrected chi connectivity index (χ0v) is 17.3. The summed E-state index contributed by atoms with van der Waals surface area (Å²) in [5.74, 6) is 0.0224. The molecule has 3 rings (SSSR count). The monoisotopic (exact) mass is 470 g/mol. The van der Waals surface area contributed by atoms with Gasteiger partial charge in [0, 0.05) is 33.8 Å². The first-order valence-electron chi connectivity index (χ1n) is 8.52. The number of benzene rings is 1. The maximum absolute atomic E-state index is 12.5. The van der Waals surface area contributed by atoms with Crippen LogP contribution in [0.5, 0.6) is 0 Å². The van der Waals surface area contributed by atoms with Crippen molar-refractivity contribution in [3.8, 4) is 0 Å². The molecule has 1 saturated heterocycles. The highest BCUT2D eigenvalue weighted by Gasteiger charge is 2.21. The minimum Gasteiger partial charge on any atom is -0.377 e.